The van der Waals surface area contributed by atoms with Gasteiger partial charge in [-0.2, -0.15) is 0 Å². The zero-order chi connectivity index (χ0) is 23.3. The lowest BCUT2D eigenvalue weighted by molar-refractivity contribution is -0.274. The fourth-order valence-electron chi connectivity index (χ4n) is 3.21. The van der Waals surface area contributed by atoms with Crippen molar-refractivity contribution in [2.24, 2.45) is 0 Å². The van der Waals surface area contributed by atoms with E-state index in [0.29, 0.717) is 30.0 Å². The van der Waals surface area contributed by atoms with Gasteiger partial charge in [0.05, 0.1) is 12.2 Å². The molecule has 1 aliphatic rings. The summed E-state index contributed by atoms with van der Waals surface area (Å²) in [5.74, 6) is -0.665. The first-order valence-electron chi connectivity index (χ1n) is 10.2. The van der Waals surface area contributed by atoms with Gasteiger partial charge in [0.1, 0.15) is 17.2 Å². The average molecular weight is 448 g/mol. The quantitative estimate of drug-likeness (QED) is 0.549. The molecule has 0 spiro atoms. The van der Waals surface area contributed by atoms with Gasteiger partial charge in [0.25, 0.3) is 11.8 Å². The SMILES string of the molecule is CCCOc1ccc(C2=C(Nc3ccc(OC(F)(F)F)cc3)C(=O)N(CCC)C2=O)cc1. The van der Waals surface area contributed by atoms with Gasteiger partial charge >= 0.3 is 6.36 Å². The molecule has 6 nitrogen and oxygen atoms in total. The Balaban J connectivity index is 1.91. The Morgan fingerprint density at radius 1 is 0.875 bits per heavy atom. The molecule has 1 N–H and O–H groups in total. The van der Waals surface area contributed by atoms with Crippen molar-refractivity contribution >= 4 is 23.1 Å². The minimum absolute atomic E-state index is 0.0650. The molecule has 1 heterocycles. The maximum absolute atomic E-state index is 13.0. The van der Waals surface area contributed by atoms with Gasteiger partial charge < -0.3 is 14.8 Å². The lowest BCUT2D eigenvalue weighted by Crippen LogP contribution is -2.33. The number of benzene rings is 2. The standard InChI is InChI=1S/C23H23F3N2O4/c1-3-13-28-21(29)19(15-5-9-17(10-6-15)31-14-4-2)20(22(28)30)27-16-7-11-18(12-8-16)32-23(24,25)26/h5-12,27H,3-4,13-14H2,1-2H3. The van der Waals surface area contributed by atoms with E-state index in [1.807, 2.05) is 13.8 Å². The number of carbonyl (C=O) groups is 2. The number of nitrogens with one attached hydrogen (secondary N) is 1. The van der Waals surface area contributed by atoms with Crippen molar-refractivity contribution in [1.82, 2.24) is 4.90 Å². The van der Waals surface area contributed by atoms with Gasteiger partial charge in [-0.15, -0.1) is 13.2 Å². The molecule has 0 aliphatic carbocycles. The van der Waals surface area contributed by atoms with Crippen LogP contribution in [0.3, 0.4) is 0 Å². The van der Waals surface area contributed by atoms with Gasteiger partial charge in [-0.1, -0.05) is 26.0 Å². The number of amides is 2. The summed E-state index contributed by atoms with van der Waals surface area (Å²) >= 11 is 0. The molecule has 0 fully saturated rings. The van der Waals surface area contributed by atoms with Crippen LogP contribution in [0.1, 0.15) is 32.3 Å². The first-order chi connectivity index (χ1) is 15.2. The third kappa shape index (κ3) is 5.40. The maximum atomic E-state index is 13.0. The van der Waals surface area contributed by atoms with Crippen molar-refractivity contribution in [3.63, 3.8) is 0 Å². The number of anilines is 1. The van der Waals surface area contributed by atoms with Crippen molar-refractivity contribution in [3.05, 3.63) is 59.8 Å². The van der Waals surface area contributed by atoms with E-state index in [2.05, 4.69) is 10.1 Å². The number of rotatable bonds is 9. The van der Waals surface area contributed by atoms with Gasteiger partial charge in [0, 0.05) is 12.2 Å². The maximum Gasteiger partial charge on any atom is 0.573 e. The first-order valence-corrected chi connectivity index (χ1v) is 10.2. The Morgan fingerprint density at radius 2 is 1.50 bits per heavy atom. The molecule has 170 valence electrons. The van der Waals surface area contributed by atoms with Gasteiger partial charge in [0.2, 0.25) is 0 Å². The summed E-state index contributed by atoms with van der Waals surface area (Å²) in [5.41, 5.74) is 1.14. The van der Waals surface area contributed by atoms with E-state index in [1.54, 1.807) is 24.3 Å². The molecule has 0 aromatic heterocycles. The number of alkyl halides is 3. The van der Waals surface area contributed by atoms with Crippen molar-refractivity contribution in [2.45, 2.75) is 33.1 Å². The lowest BCUT2D eigenvalue weighted by Gasteiger charge is -2.14. The number of hydrogen-bond donors (Lipinski definition) is 1. The Morgan fingerprint density at radius 3 is 2.06 bits per heavy atom. The predicted octanol–water partition coefficient (Wildman–Crippen LogP) is 4.98. The highest BCUT2D eigenvalue weighted by Gasteiger charge is 2.38. The number of nitrogens with zero attached hydrogens (tertiary/aromatic N) is 1. The summed E-state index contributed by atoms with van der Waals surface area (Å²) in [6, 6.07) is 11.8. The predicted molar refractivity (Wildman–Crippen MR) is 113 cm³/mol. The van der Waals surface area contributed by atoms with Crippen LogP contribution in [0.4, 0.5) is 18.9 Å². The summed E-state index contributed by atoms with van der Waals surface area (Å²) in [4.78, 5) is 27.1. The molecule has 2 amide bonds. The first kappa shape index (κ1) is 23.2. The fourth-order valence-corrected chi connectivity index (χ4v) is 3.21. The minimum atomic E-state index is -4.80. The molecule has 0 radical (unpaired) electrons. The monoisotopic (exact) mass is 448 g/mol. The minimum Gasteiger partial charge on any atom is -0.494 e. The fraction of sp³-hybridized carbons (Fsp3) is 0.304. The van der Waals surface area contributed by atoms with Crippen molar-refractivity contribution in [1.29, 1.82) is 0 Å². The number of ether oxygens (including phenoxy) is 2. The summed E-state index contributed by atoms with van der Waals surface area (Å²) in [6.45, 7) is 4.65. The molecule has 3 rings (SSSR count). The number of halogens is 3. The second kappa shape index (κ2) is 9.76. The highest BCUT2D eigenvalue weighted by atomic mass is 19.4. The third-order valence-electron chi connectivity index (χ3n) is 4.59. The lowest BCUT2D eigenvalue weighted by atomic mass is 10.0. The van der Waals surface area contributed by atoms with Gasteiger partial charge in [-0.3, -0.25) is 14.5 Å². The van der Waals surface area contributed by atoms with Gasteiger partial charge in [-0.25, -0.2) is 0 Å². The van der Waals surface area contributed by atoms with Gasteiger partial charge in [0.15, 0.2) is 0 Å². The molecule has 0 bridgehead atoms. The molecule has 9 heteroatoms. The van der Waals surface area contributed by atoms with E-state index in [1.165, 1.54) is 12.1 Å². The van der Waals surface area contributed by atoms with Crippen molar-refractivity contribution < 1.29 is 32.2 Å². The molecular weight excluding hydrogens is 425 g/mol. The van der Waals surface area contributed by atoms with Crippen LogP contribution in [0.15, 0.2) is 54.2 Å². The van der Waals surface area contributed by atoms with E-state index in [9.17, 15) is 22.8 Å². The third-order valence-corrected chi connectivity index (χ3v) is 4.59. The topological polar surface area (TPSA) is 67.9 Å². The van der Waals surface area contributed by atoms with Crippen molar-refractivity contribution in [2.75, 3.05) is 18.5 Å². The Hall–Kier alpha value is -3.49. The van der Waals surface area contributed by atoms with E-state index >= 15 is 0 Å². The Bertz CT molecular complexity index is 999. The highest BCUT2D eigenvalue weighted by molar-refractivity contribution is 6.36. The molecule has 32 heavy (non-hydrogen) atoms. The summed E-state index contributed by atoms with van der Waals surface area (Å²) in [6.07, 6.45) is -3.36. The van der Waals surface area contributed by atoms with E-state index in [4.69, 9.17) is 4.74 Å². The van der Waals surface area contributed by atoms with Crippen LogP contribution in [0.2, 0.25) is 0 Å². The van der Waals surface area contributed by atoms with Crippen LogP contribution >= 0.6 is 0 Å². The van der Waals surface area contributed by atoms with Crippen LogP contribution in [-0.2, 0) is 9.59 Å². The summed E-state index contributed by atoms with van der Waals surface area (Å²) in [7, 11) is 0. The van der Waals surface area contributed by atoms with Gasteiger partial charge in [-0.05, 0) is 54.8 Å². The van der Waals surface area contributed by atoms with E-state index in [0.717, 1.165) is 23.5 Å². The average Bonchev–Trinajstić information content (AvgIpc) is 2.97. The smallest absolute Gasteiger partial charge is 0.494 e. The number of carbonyl (C=O) groups excluding carboxylic acids is 2. The molecule has 1 aliphatic heterocycles. The highest BCUT2D eigenvalue weighted by Crippen LogP contribution is 2.32. The molecule has 0 atom stereocenters. The van der Waals surface area contributed by atoms with Crippen LogP contribution in [0.25, 0.3) is 5.57 Å². The summed E-state index contributed by atoms with van der Waals surface area (Å²) < 4.78 is 46.5. The Labute approximate surface area is 183 Å². The van der Waals surface area contributed by atoms with Crippen molar-refractivity contribution in [3.8, 4) is 11.5 Å². The second-order valence-corrected chi connectivity index (χ2v) is 7.08. The zero-order valence-electron chi connectivity index (χ0n) is 17.7. The summed E-state index contributed by atoms with van der Waals surface area (Å²) in [5, 5.41) is 2.90. The molecule has 2 aromatic carbocycles. The molecule has 0 saturated carbocycles. The van der Waals surface area contributed by atoms with Crippen LogP contribution in [0, 0.1) is 0 Å². The molecule has 0 saturated heterocycles. The van der Waals surface area contributed by atoms with E-state index in [-0.39, 0.29) is 23.6 Å². The number of hydrogen-bond acceptors (Lipinski definition) is 5. The Kier molecular flexibility index (Phi) is 7.07. The largest absolute Gasteiger partial charge is 0.573 e. The molecule has 0 unspecified atom stereocenters. The molecular formula is C23H23F3N2O4. The van der Waals surface area contributed by atoms with E-state index < -0.39 is 18.2 Å². The van der Waals surface area contributed by atoms with Crippen LogP contribution in [0.5, 0.6) is 11.5 Å². The zero-order valence-corrected chi connectivity index (χ0v) is 17.7. The number of imide groups is 1. The van der Waals surface area contributed by atoms with Crippen LogP contribution in [-0.4, -0.2) is 36.2 Å². The van der Waals surface area contributed by atoms with Crippen LogP contribution < -0.4 is 14.8 Å². The normalized spacial score (nSPS) is 14.2. The molecule has 2 aromatic rings. The second-order valence-electron chi connectivity index (χ2n) is 7.08.